The smallest absolute Gasteiger partial charge is 0.294 e. The Balaban J connectivity index is 1.87. The lowest BCUT2D eigenvalue weighted by Gasteiger charge is -2.13. The fraction of sp³-hybridized carbons (Fsp3) is 0.214. The Bertz CT molecular complexity index is 682. The number of hydrogen-bond donors (Lipinski definition) is 1. The Morgan fingerprint density at radius 2 is 2.24 bits per heavy atom. The number of fused-ring (bicyclic) bond motifs is 1. The van der Waals surface area contributed by atoms with Crippen LogP contribution in [0.25, 0.3) is 0 Å². The molecular weight excluding hydrogens is 274 g/mol. The van der Waals surface area contributed by atoms with Gasteiger partial charge in [-0.05, 0) is 18.2 Å². The largest absolute Gasteiger partial charge is 0.491 e. The van der Waals surface area contributed by atoms with Gasteiger partial charge in [0.25, 0.3) is 11.8 Å². The number of carbonyl (C=O) groups is 2. The first-order valence-electron chi connectivity index (χ1n) is 6.39. The van der Waals surface area contributed by atoms with Crippen molar-refractivity contribution in [1.82, 2.24) is 10.1 Å². The third kappa shape index (κ3) is 2.58. The van der Waals surface area contributed by atoms with Crippen LogP contribution in [-0.4, -0.2) is 42.1 Å². The van der Waals surface area contributed by atoms with Crippen molar-refractivity contribution in [3.63, 3.8) is 0 Å². The van der Waals surface area contributed by atoms with E-state index in [-0.39, 0.29) is 11.7 Å². The summed E-state index contributed by atoms with van der Waals surface area (Å²) in [6.45, 7) is 0.965. The van der Waals surface area contributed by atoms with Crippen LogP contribution in [-0.2, 0) is 0 Å². The van der Waals surface area contributed by atoms with Crippen LogP contribution in [0.3, 0.4) is 0 Å². The summed E-state index contributed by atoms with van der Waals surface area (Å²) in [6, 6.07) is 6.39. The van der Waals surface area contributed by atoms with Gasteiger partial charge >= 0.3 is 0 Å². The van der Waals surface area contributed by atoms with E-state index in [0.717, 1.165) is 0 Å². The Labute approximate surface area is 120 Å². The highest BCUT2D eigenvalue weighted by Gasteiger charge is 2.21. The maximum atomic E-state index is 12.2. The molecule has 0 radical (unpaired) electrons. The van der Waals surface area contributed by atoms with Gasteiger partial charge in [0.05, 0.1) is 18.3 Å². The lowest BCUT2D eigenvalue weighted by molar-refractivity contribution is 0.0796. The van der Waals surface area contributed by atoms with Gasteiger partial charge in [0, 0.05) is 18.8 Å². The van der Waals surface area contributed by atoms with Crippen molar-refractivity contribution < 1.29 is 18.8 Å². The molecule has 1 aromatic heterocycles. The van der Waals surface area contributed by atoms with Crippen LogP contribution < -0.4 is 10.1 Å². The molecule has 2 heterocycles. The van der Waals surface area contributed by atoms with Crippen LogP contribution in [0.1, 0.15) is 20.9 Å². The summed E-state index contributed by atoms with van der Waals surface area (Å²) < 4.78 is 10.3. The van der Waals surface area contributed by atoms with Crippen molar-refractivity contribution >= 4 is 17.5 Å². The standard InChI is InChI=1S/C14H13N3O4/c1-17-6-7-20-11-3-2-9(8-10(11)14(17)19)16-13(18)12-4-5-15-21-12/h2-5,8H,6-7H2,1H3,(H,16,18). The Hall–Kier alpha value is -2.83. The van der Waals surface area contributed by atoms with Gasteiger partial charge in [-0.1, -0.05) is 5.16 Å². The highest BCUT2D eigenvalue weighted by Crippen LogP contribution is 2.26. The first-order valence-corrected chi connectivity index (χ1v) is 6.39. The molecule has 1 aromatic carbocycles. The summed E-state index contributed by atoms with van der Waals surface area (Å²) in [4.78, 5) is 25.7. The quantitative estimate of drug-likeness (QED) is 0.902. The minimum Gasteiger partial charge on any atom is -0.491 e. The van der Waals surface area contributed by atoms with Crippen molar-refractivity contribution in [2.45, 2.75) is 0 Å². The Morgan fingerprint density at radius 1 is 1.38 bits per heavy atom. The number of likely N-dealkylation sites (N-methyl/N-ethyl adjacent to an activating group) is 1. The number of hydrogen-bond acceptors (Lipinski definition) is 5. The monoisotopic (exact) mass is 287 g/mol. The maximum Gasteiger partial charge on any atom is 0.294 e. The fourth-order valence-corrected chi connectivity index (χ4v) is 2.03. The topological polar surface area (TPSA) is 84.7 Å². The summed E-state index contributed by atoms with van der Waals surface area (Å²) in [5.41, 5.74) is 0.910. The summed E-state index contributed by atoms with van der Waals surface area (Å²) in [6.07, 6.45) is 1.39. The number of ether oxygens (including phenoxy) is 1. The van der Waals surface area contributed by atoms with E-state index in [9.17, 15) is 9.59 Å². The van der Waals surface area contributed by atoms with Crippen molar-refractivity contribution in [2.75, 3.05) is 25.5 Å². The molecule has 0 saturated carbocycles. The Kier molecular flexibility index (Phi) is 3.31. The molecule has 0 fully saturated rings. The van der Waals surface area contributed by atoms with Gasteiger partial charge in [0.15, 0.2) is 0 Å². The van der Waals surface area contributed by atoms with E-state index in [2.05, 4.69) is 10.5 Å². The van der Waals surface area contributed by atoms with Gasteiger partial charge in [0.2, 0.25) is 5.76 Å². The van der Waals surface area contributed by atoms with Crippen LogP contribution in [0.4, 0.5) is 5.69 Å². The van der Waals surface area contributed by atoms with Gasteiger partial charge in [-0.15, -0.1) is 0 Å². The zero-order valence-electron chi connectivity index (χ0n) is 11.3. The van der Waals surface area contributed by atoms with E-state index >= 15 is 0 Å². The number of aromatic nitrogens is 1. The van der Waals surface area contributed by atoms with Crippen LogP contribution in [0.15, 0.2) is 35.0 Å². The molecule has 21 heavy (non-hydrogen) atoms. The summed E-state index contributed by atoms with van der Waals surface area (Å²) >= 11 is 0. The normalized spacial score (nSPS) is 14.1. The number of nitrogens with zero attached hydrogens (tertiary/aromatic N) is 2. The molecule has 1 aliphatic rings. The molecule has 2 aromatic rings. The van der Waals surface area contributed by atoms with Crippen LogP contribution in [0.5, 0.6) is 5.75 Å². The second kappa shape index (κ2) is 5.28. The lowest BCUT2D eigenvalue weighted by atomic mass is 10.1. The predicted molar refractivity (Wildman–Crippen MR) is 73.4 cm³/mol. The summed E-state index contributed by atoms with van der Waals surface area (Å²) in [7, 11) is 1.71. The molecule has 1 aliphatic heterocycles. The number of amides is 2. The summed E-state index contributed by atoms with van der Waals surface area (Å²) in [5, 5.41) is 6.12. The molecule has 0 aliphatic carbocycles. The molecule has 3 rings (SSSR count). The van der Waals surface area contributed by atoms with Crippen LogP contribution in [0, 0.1) is 0 Å². The van der Waals surface area contributed by atoms with E-state index in [1.807, 2.05) is 0 Å². The van der Waals surface area contributed by atoms with Gasteiger partial charge in [-0.3, -0.25) is 9.59 Å². The molecule has 0 spiro atoms. The van der Waals surface area contributed by atoms with E-state index in [4.69, 9.17) is 9.26 Å². The van der Waals surface area contributed by atoms with Crippen molar-refractivity contribution in [1.29, 1.82) is 0 Å². The van der Waals surface area contributed by atoms with Crippen molar-refractivity contribution in [3.8, 4) is 5.75 Å². The van der Waals surface area contributed by atoms with Gasteiger partial charge < -0.3 is 19.5 Å². The predicted octanol–water partition coefficient (Wildman–Crippen LogP) is 1.39. The molecule has 0 saturated heterocycles. The molecular formula is C14H13N3O4. The Morgan fingerprint density at radius 3 is 3.00 bits per heavy atom. The second-order valence-electron chi connectivity index (χ2n) is 4.62. The van der Waals surface area contributed by atoms with Crippen molar-refractivity contribution in [3.05, 3.63) is 41.8 Å². The van der Waals surface area contributed by atoms with Crippen molar-refractivity contribution in [2.24, 2.45) is 0 Å². The lowest BCUT2D eigenvalue weighted by Crippen LogP contribution is -2.27. The molecule has 1 N–H and O–H groups in total. The van der Waals surface area contributed by atoms with Crippen LogP contribution >= 0.6 is 0 Å². The number of anilines is 1. The molecule has 2 amide bonds. The molecule has 0 bridgehead atoms. The molecule has 7 heteroatoms. The molecule has 0 atom stereocenters. The molecule has 0 unspecified atom stereocenters. The molecule has 108 valence electrons. The number of carbonyl (C=O) groups excluding carboxylic acids is 2. The number of rotatable bonds is 2. The van der Waals surface area contributed by atoms with Gasteiger partial charge in [-0.2, -0.15) is 0 Å². The van der Waals surface area contributed by atoms with Gasteiger partial charge in [-0.25, -0.2) is 0 Å². The van der Waals surface area contributed by atoms with E-state index in [1.54, 1.807) is 30.1 Å². The minimum absolute atomic E-state index is 0.102. The zero-order chi connectivity index (χ0) is 14.8. The maximum absolute atomic E-state index is 12.2. The summed E-state index contributed by atoms with van der Waals surface area (Å²) in [5.74, 6) is 0.0488. The highest BCUT2D eigenvalue weighted by molar-refractivity contribution is 6.04. The third-order valence-electron chi connectivity index (χ3n) is 3.16. The van der Waals surface area contributed by atoms with E-state index in [1.165, 1.54) is 12.3 Å². The van der Waals surface area contributed by atoms with E-state index in [0.29, 0.717) is 30.2 Å². The zero-order valence-corrected chi connectivity index (χ0v) is 11.3. The fourth-order valence-electron chi connectivity index (χ4n) is 2.03. The number of nitrogens with one attached hydrogen (secondary N) is 1. The second-order valence-corrected chi connectivity index (χ2v) is 4.62. The average molecular weight is 287 g/mol. The molecule has 7 nitrogen and oxygen atoms in total. The third-order valence-corrected chi connectivity index (χ3v) is 3.16. The first kappa shape index (κ1) is 13.2. The van der Waals surface area contributed by atoms with Gasteiger partial charge in [0.1, 0.15) is 12.4 Å². The SMILES string of the molecule is CN1CCOc2ccc(NC(=O)c3ccno3)cc2C1=O. The first-order chi connectivity index (χ1) is 10.1. The van der Waals surface area contributed by atoms with Crippen LogP contribution in [0.2, 0.25) is 0 Å². The minimum atomic E-state index is -0.428. The van der Waals surface area contributed by atoms with E-state index < -0.39 is 5.91 Å². The average Bonchev–Trinajstić information content (AvgIpc) is 2.97. The number of benzene rings is 1. The highest BCUT2D eigenvalue weighted by atomic mass is 16.5.